The lowest BCUT2D eigenvalue weighted by Gasteiger charge is -2.09. The van der Waals surface area contributed by atoms with Crippen LogP contribution in [0.25, 0.3) is 0 Å². The number of carbonyl (C=O) groups excluding carboxylic acids is 2. The van der Waals surface area contributed by atoms with Gasteiger partial charge in [0.2, 0.25) is 0 Å². The summed E-state index contributed by atoms with van der Waals surface area (Å²) in [5, 5.41) is 4.94. The molecule has 102 valence electrons. The van der Waals surface area contributed by atoms with Crippen molar-refractivity contribution < 1.29 is 14.3 Å². The van der Waals surface area contributed by atoms with Crippen molar-refractivity contribution in [3.63, 3.8) is 0 Å². The van der Waals surface area contributed by atoms with Crippen LogP contribution in [0.1, 0.15) is 5.56 Å². The highest BCUT2D eigenvalue weighted by molar-refractivity contribution is 6.32. The Morgan fingerprint density at radius 1 is 1.47 bits per heavy atom. The first-order valence-electron chi connectivity index (χ1n) is 5.60. The molecular formula is C13H15ClN2O3. The maximum absolute atomic E-state index is 11.4. The van der Waals surface area contributed by atoms with Crippen molar-refractivity contribution in [3.05, 3.63) is 41.4 Å². The lowest BCUT2D eigenvalue weighted by molar-refractivity contribution is -0.122. The summed E-state index contributed by atoms with van der Waals surface area (Å²) in [5.74, 6) is -0.151. The molecule has 2 N–H and O–H groups in total. The molecule has 1 rings (SSSR count). The minimum Gasteiger partial charge on any atom is -0.482 e. The average molecular weight is 283 g/mol. The largest absolute Gasteiger partial charge is 0.482 e. The molecule has 5 nitrogen and oxygen atoms in total. The smallest absolute Gasteiger partial charge is 0.321 e. The van der Waals surface area contributed by atoms with Gasteiger partial charge in [-0.1, -0.05) is 23.7 Å². The van der Waals surface area contributed by atoms with Gasteiger partial charge in [-0.05, 0) is 24.6 Å². The molecule has 6 heteroatoms. The Balaban J connectivity index is 2.43. The topological polar surface area (TPSA) is 67.4 Å². The van der Waals surface area contributed by atoms with Crippen molar-refractivity contribution in [2.75, 3.05) is 13.2 Å². The minimum atomic E-state index is -0.594. The summed E-state index contributed by atoms with van der Waals surface area (Å²) in [6, 6.07) is 4.63. The molecule has 0 saturated heterocycles. The fraction of sp³-hybridized carbons (Fsp3) is 0.231. The van der Waals surface area contributed by atoms with E-state index in [1.54, 1.807) is 12.1 Å². The van der Waals surface area contributed by atoms with Crippen molar-refractivity contribution in [3.8, 4) is 5.75 Å². The molecule has 0 heterocycles. The second-order valence-corrected chi connectivity index (χ2v) is 4.18. The van der Waals surface area contributed by atoms with Gasteiger partial charge in [-0.15, -0.1) is 6.58 Å². The molecule has 0 saturated carbocycles. The SMILES string of the molecule is C=CCNC(=O)NC(=O)COc1cc(C)ccc1Cl. The number of benzene rings is 1. The number of nitrogens with one attached hydrogen (secondary N) is 2. The molecule has 0 unspecified atom stereocenters. The van der Waals surface area contributed by atoms with Gasteiger partial charge in [-0.3, -0.25) is 10.1 Å². The fourth-order valence-electron chi connectivity index (χ4n) is 1.24. The predicted molar refractivity (Wildman–Crippen MR) is 73.4 cm³/mol. The molecule has 19 heavy (non-hydrogen) atoms. The van der Waals surface area contributed by atoms with Gasteiger partial charge in [0.15, 0.2) is 6.61 Å². The van der Waals surface area contributed by atoms with Gasteiger partial charge in [0.05, 0.1) is 5.02 Å². The molecule has 0 aliphatic carbocycles. The third-order valence-electron chi connectivity index (χ3n) is 2.11. The van der Waals surface area contributed by atoms with Gasteiger partial charge in [-0.25, -0.2) is 4.79 Å². The summed E-state index contributed by atoms with van der Waals surface area (Å²) in [6.45, 7) is 5.31. The number of urea groups is 1. The standard InChI is InChI=1S/C13H15ClN2O3/c1-3-6-15-13(18)16-12(17)8-19-11-7-9(2)4-5-10(11)14/h3-5,7H,1,6,8H2,2H3,(H2,15,16,17,18). The van der Waals surface area contributed by atoms with Crippen molar-refractivity contribution in [2.45, 2.75) is 6.92 Å². The van der Waals surface area contributed by atoms with E-state index >= 15 is 0 Å². The Bertz CT molecular complexity index is 489. The number of hydrogen-bond donors (Lipinski definition) is 2. The monoisotopic (exact) mass is 282 g/mol. The second kappa shape index (κ2) is 7.43. The van der Waals surface area contributed by atoms with Crippen LogP contribution in [0.15, 0.2) is 30.9 Å². The van der Waals surface area contributed by atoms with Crippen molar-refractivity contribution in [1.82, 2.24) is 10.6 Å². The van der Waals surface area contributed by atoms with Gasteiger partial charge in [0.1, 0.15) is 5.75 Å². The zero-order valence-corrected chi connectivity index (χ0v) is 11.3. The van der Waals surface area contributed by atoms with Crippen LogP contribution in [0.4, 0.5) is 4.79 Å². The third-order valence-corrected chi connectivity index (χ3v) is 2.42. The Hall–Kier alpha value is -2.01. The number of halogens is 1. The Labute approximate surface area is 116 Å². The fourth-order valence-corrected chi connectivity index (χ4v) is 1.41. The zero-order valence-electron chi connectivity index (χ0n) is 10.5. The van der Waals surface area contributed by atoms with Crippen LogP contribution in [0.5, 0.6) is 5.75 Å². The molecule has 0 spiro atoms. The highest BCUT2D eigenvalue weighted by atomic mass is 35.5. The van der Waals surface area contributed by atoms with E-state index in [0.29, 0.717) is 10.8 Å². The minimum absolute atomic E-state index is 0.281. The normalized spacial score (nSPS) is 9.58. The van der Waals surface area contributed by atoms with E-state index in [1.165, 1.54) is 6.08 Å². The van der Waals surface area contributed by atoms with Crippen LogP contribution < -0.4 is 15.4 Å². The van der Waals surface area contributed by atoms with Gasteiger partial charge < -0.3 is 10.1 Å². The quantitative estimate of drug-likeness (QED) is 0.812. The van der Waals surface area contributed by atoms with Crippen molar-refractivity contribution in [2.24, 2.45) is 0 Å². The Morgan fingerprint density at radius 3 is 2.89 bits per heavy atom. The van der Waals surface area contributed by atoms with Gasteiger partial charge >= 0.3 is 6.03 Å². The maximum Gasteiger partial charge on any atom is 0.321 e. The van der Waals surface area contributed by atoms with Crippen LogP contribution >= 0.6 is 11.6 Å². The molecule has 3 amide bonds. The van der Waals surface area contributed by atoms with E-state index in [1.807, 2.05) is 13.0 Å². The van der Waals surface area contributed by atoms with Gasteiger partial charge in [0, 0.05) is 6.54 Å². The maximum atomic E-state index is 11.4. The van der Waals surface area contributed by atoms with E-state index in [2.05, 4.69) is 17.2 Å². The molecule has 0 aromatic heterocycles. The number of imide groups is 1. The van der Waals surface area contributed by atoms with Crippen LogP contribution in [0.2, 0.25) is 5.02 Å². The average Bonchev–Trinajstić information content (AvgIpc) is 2.37. The van der Waals surface area contributed by atoms with Crippen molar-refractivity contribution >= 4 is 23.5 Å². The van der Waals surface area contributed by atoms with E-state index < -0.39 is 11.9 Å². The van der Waals surface area contributed by atoms with E-state index in [0.717, 1.165) is 5.56 Å². The lowest BCUT2D eigenvalue weighted by Crippen LogP contribution is -2.41. The number of carbonyl (C=O) groups is 2. The van der Waals surface area contributed by atoms with Gasteiger partial charge in [-0.2, -0.15) is 0 Å². The lowest BCUT2D eigenvalue weighted by atomic mass is 10.2. The molecule has 0 aliphatic rings. The number of amides is 3. The highest BCUT2D eigenvalue weighted by Crippen LogP contribution is 2.24. The van der Waals surface area contributed by atoms with Crippen LogP contribution in [0.3, 0.4) is 0 Å². The van der Waals surface area contributed by atoms with Crippen molar-refractivity contribution in [1.29, 1.82) is 0 Å². The first kappa shape index (κ1) is 15.0. The molecule has 0 radical (unpaired) electrons. The molecular weight excluding hydrogens is 268 g/mol. The molecule has 0 atom stereocenters. The molecule has 0 bridgehead atoms. The van der Waals surface area contributed by atoms with E-state index in [9.17, 15) is 9.59 Å². The van der Waals surface area contributed by atoms with Crippen LogP contribution in [-0.4, -0.2) is 25.1 Å². The van der Waals surface area contributed by atoms with Crippen LogP contribution in [-0.2, 0) is 4.79 Å². The second-order valence-electron chi connectivity index (χ2n) is 3.77. The predicted octanol–water partition coefficient (Wildman–Crippen LogP) is 2.04. The van der Waals surface area contributed by atoms with E-state index in [-0.39, 0.29) is 13.2 Å². The molecule has 1 aromatic rings. The Morgan fingerprint density at radius 2 is 2.21 bits per heavy atom. The Kier molecular flexibility index (Phi) is 5.89. The first-order chi connectivity index (χ1) is 9.02. The van der Waals surface area contributed by atoms with E-state index in [4.69, 9.17) is 16.3 Å². The summed E-state index contributed by atoms with van der Waals surface area (Å²) in [4.78, 5) is 22.6. The first-order valence-corrected chi connectivity index (χ1v) is 5.98. The third kappa shape index (κ3) is 5.44. The summed E-state index contributed by atoms with van der Waals surface area (Å²) >= 11 is 5.91. The number of aryl methyl sites for hydroxylation is 1. The highest BCUT2D eigenvalue weighted by Gasteiger charge is 2.09. The molecule has 0 fully saturated rings. The van der Waals surface area contributed by atoms with Crippen LogP contribution in [0, 0.1) is 6.92 Å². The summed E-state index contributed by atoms with van der Waals surface area (Å²) in [5.41, 5.74) is 0.962. The number of ether oxygens (including phenoxy) is 1. The zero-order chi connectivity index (χ0) is 14.3. The summed E-state index contributed by atoms with van der Waals surface area (Å²) in [6.07, 6.45) is 1.51. The van der Waals surface area contributed by atoms with Gasteiger partial charge in [0.25, 0.3) is 5.91 Å². The molecule has 1 aromatic carbocycles. The molecule has 0 aliphatic heterocycles. The number of rotatable bonds is 5. The summed E-state index contributed by atoms with van der Waals surface area (Å²) in [7, 11) is 0. The number of hydrogen-bond acceptors (Lipinski definition) is 3. The summed E-state index contributed by atoms with van der Waals surface area (Å²) < 4.78 is 5.24.